The van der Waals surface area contributed by atoms with Crippen molar-refractivity contribution in [3.8, 4) is 5.75 Å². The lowest BCUT2D eigenvalue weighted by molar-refractivity contribution is 0.0843. The number of aliphatic hydroxyl groups is 1. The molecule has 0 saturated carbocycles. The SMILES string of the molecule is COc1ccccc1C(N)N1CCN(CCO)CC1. The number of ether oxygens (including phenoxy) is 1. The summed E-state index contributed by atoms with van der Waals surface area (Å²) in [5, 5.41) is 8.94. The largest absolute Gasteiger partial charge is 0.496 e. The minimum Gasteiger partial charge on any atom is -0.496 e. The number of benzene rings is 1. The van der Waals surface area contributed by atoms with Crippen molar-refractivity contribution in [2.24, 2.45) is 5.73 Å². The number of β-amino-alcohol motifs (C(OH)–C–C–N with tert-alkyl or cyclic N) is 1. The Bertz CT molecular complexity index is 392. The van der Waals surface area contributed by atoms with Crippen LogP contribution in [-0.2, 0) is 0 Å². The van der Waals surface area contributed by atoms with Gasteiger partial charge in [0.2, 0.25) is 0 Å². The zero-order valence-electron chi connectivity index (χ0n) is 11.5. The van der Waals surface area contributed by atoms with Crippen molar-refractivity contribution in [1.29, 1.82) is 0 Å². The number of para-hydroxylation sites is 1. The van der Waals surface area contributed by atoms with E-state index in [0.717, 1.165) is 44.0 Å². The van der Waals surface area contributed by atoms with Gasteiger partial charge in [0, 0.05) is 38.3 Å². The number of nitrogens with two attached hydrogens (primary N) is 1. The molecule has 0 radical (unpaired) electrons. The number of hydrogen-bond acceptors (Lipinski definition) is 5. The number of aliphatic hydroxyl groups excluding tert-OH is 1. The van der Waals surface area contributed by atoms with Crippen molar-refractivity contribution in [2.75, 3.05) is 46.4 Å². The van der Waals surface area contributed by atoms with Crippen molar-refractivity contribution in [2.45, 2.75) is 6.17 Å². The normalized spacial score (nSPS) is 19.3. The van der Waals surface area contributed by atoms with E-state index in [1.54, 1.807) is 7.11 Å². The molecule has 1 aromatic rings. The summed E-state index contributed by atoms with van der Waals surface area (Å²) in [7, 11) is 1.67. The van der Waals surface area contributed by atoms with Gasteiger partial charge in [0.15, 0.2) is 0 Å². The lowest BCUT2D eigenvalue weighted by Crippen LogP contribution is -2.50. The molecular weight excluding hydrogens is 242 g/mol. The molecule has 5 heteroatoms. The van der Waals surface area contributed by atoms with E-state index in [1.807, 2.05) is 24.3 Å². The van der Waals surface area contributed by atoms with E-state index in [-0.39, 0.29) is 12.8 Å². The van der Waals surface area contributed by atoms with Gasteiger partial charge in [-0.05, 0) is 6.07 Å². The highest BCUT2D eigenvalue weighted by atomic mass is 16.5. The van der Waals surface area contributed by atoms with Crippen LogP contribution in [-0.4, -0.2) is 61.3 Å². The molecule has 5 nitrogen and oxygen atoms in total. The Balaban J connectivity index is 1.99. The molecule has 1 atom stereocenters. The van der Waals surface area contributed by atoms with E-state index >= 15 is 0 Å². The third kappa shape index (κ3) is 3.45. The highest BCUT2D eigenvalue weighted by Gasteiger charge is 2.23. The van der Waals surface area contributed by atoms with Gasteiger partial charge in [0.1, 0.15) is 5.75 Å². The van der Waals surface area contributed by atoms with E-state index in [4.69, 9.17) is 15.6 Å². The topological polar surface area (TPSA) is 62.0 Å². The third-order valence-electron chi connectivity index (χ3n) is 3.67. The molecule has 2 rings (SSSR count). The van der Waals surface area contributed by atoms with Crippen molar-refractivity contribution < 1.29 is 9.84 Å². The van der Waals surface area contributed by atoms with Gasteiger partial charge in [0.05, 0.1) is 19.9 Å². The quantitative estimate of drug-likeness (QED) is 0.800. The summed E-state index contributed by atoms with van der Waals surface area (Å²) in [6.07, 6.45) is -0.132. The van der Waals surface area contributed by atoms with Gasteiger partial charge in [-0.1, -0.05) is 18.2 Å². The number of rotatable bonds is 5. The van der Waals surface area contributed by atoms with Crippen LogP contribution in [0.4, 0.5) is 0 Å². The Morgan fingerprint density at radius 2 is 1.95 bits per heavy atom. The second kappa shape index (κ2) is 6.86. The van der Waals surface area contributed by atoms with Gasteiger partial charge in [0.25, 0.3) is 0 Å². The highest BCUT2D eigenvalue weighted by Crippen LogP contribution is 2.26. The molecular formula is C14H23N3O2. The van der Waals surface area contributed by atoms with Crippen LogP contribution in [0, 0.1) is 0 Å². The van der Waals surface area contributed by atoms with Crippen LogP contribution in [0.5, 0.6) is 5.75 Å². The van der Waals surface area contributed by atoms with Gasteiger partial charge in [-0.2, -0.15) is 0 Å². The molecule has 0 amide bonds. The lowest BCUT2D eigenvalue weighted by atomic mass is 10.1. The summed E-state index contributed by atoms with van der Waals surface area (Å²) in [6.45, 7) is 4.70. The summed E-state index contributed by atoms with van der Waals surface area (Å²) in [5.74, 6) is 0.841. The zero-order valence-corrected chi connectivity index (χ0v) is 11.5. The Labute approximate surface area is 114 Å². The number of methoxy groups -OCH3 is 1. The van der Waals surface area contributed by atoms with E-state index in [0.29, 0.717) is 0 Å². The Morgan fingerprint density at radius 1 is 1.26 bits per heavy atom. The molecule has 106 valence electrons. The second-order valence-corrected chi connectivity index (χ2v) is 4.79. The Morgan fingerprint density at radius 3 is 2.58 bits per heavy atom. The van der Waals surface area contributed by atoms with Gasteiger partial charge in [-0.15, -0.1) is 0 Å². The van der Waals surface area contributed by atoms with E-state index in [1.165, 1.54) is 0 Å². The summed E-state index contributed by atoms with van der Waals surface area (Å²) < 4.78 is 5.37. The summed E-state index contributed by atoms with van der Waals surface area (Å²) in [6, 6.07) is 7.90. The number of piperazine rings is 1. The molecule has 3 N–H and O–H groups in total. The monoisotopic (exact) mass is 265 g/mol. The average molecular weight is 265 g/mol. The molecule has 1 fully saturated rings. The van der Waals surface area contributed by atoms with Crippen LogP contribution >= 0.6 is 0 Å². The summed E-state index contributed by atoms with van der Waals surface area (Å²) in [5.41, 5.74) is 7.37. The van der Waals surface area contributed by atoms with E-state index in [9.17, 15) is 0 Å². The number of hydrogen-bond donors (Lipinski definition) is 2. The third-order valence-corrected chi connectivity index (χ3v) is 3.67. The molecule has 19 heavy (non-hydrogen) atoms. The number of nitrogens with zero attached hydrogens (tertiary/aromatic N) is 2. The first-order valence-electron chi connectivity index (χ1n) is 6.72. The van der Waals surface area contributed by atoms with Gasteiger partial charge in [-0.25, -0.2) is 0 Å². The first-order valence-corrected chi connectivity index (χ1v) is 6.72. The Kier molecular flexibility index (Phi) is 5.15. The maximum Gasteiger partial charge on any atom is 0.124 e. The molecule has 1 saturated heterocycles. The molecule has 0 spiro atoms. The summed E-state index contributed by atoms with van der Waals surface area (Å²) in [4.78, 5) is 4.51. The van der Waals surface area contributed by atoms with E-state index in [2.05, 4.69) is 9.80 Å². The molecule has 1 aliphatic heterocycles. The van der Waals surface area contributed by atoms with Gasteiger partial charge < -0.3 is 15.6 Å². The fourth-order valence-corrected chi connectivity index (χ4v) is 2.51. The highest BCUT2D eigenvalue weighted by molar-refractivity contribution is 5.35. The molecule has 1 aromatic carbocycles. The maximum atomic E-state index is 8.94. The average Bonchev–Trinajstić information content (AvgIpc) is 2.47. The minimum atomic E-state index is -0.132. The molecule has 0 bridgehead atoms. The molecule has 1 heterocycles. The van der Waals surface area contributed by atoms with Crippen LogP contribution in [0.1, 0.15) is 11.7 Å². The van der Waals surface area contributed by atoms with Crippen molar-refractivity contribution in [3.63, 3.8) is 0 Å². The predicted octanol–water partition coefficient (Wildman–Crippen LogP) is 0.262. The smallest absolute Gasteiger partial charge is 0.124 e. The summed E-state index contributed by atoms with van der Waals surface area (Å²) >= 11 is 0. The van der Waals surface area contributed by atoms with Crippen molar-refractivity contribution >= 4 is 0 Å². The zero-order chi connectivity index (χ0) is 13.7. The molecule has 1 aliphatic rings. The van der Waals surface area contributed by atoms with E-state index < -0.39 is 0 Å². The molecule has 0 aliphatic carbocycles. The Hall–Kier alpha value is -1.14. The first-order chi connectivity index (χ1) is 9.26. The second-order valence-electron chi connectivity index (χ2n) is 4.79. The molecule has 1 unspecified atom stereocenters. The van der Waals surface area contributed by atoms with Crippen LogP contribution in [0.3, 0.4) is 0 Å². The fourth-order valence-electron chi connectivity index (χ4n) is 2.51. The van der Waals surface area contributed by atoms with Crippen molar-refractivity contribution in [1.82, 2.24) is 9.80 Å². The van der Waals surface area contributed by atoms with Crippen molar-refractivity contribution in [3.05, 3.63) is 29.8 Å². The van der Waals surface area contributed by atoms with Crippen LogP contribution in [0.2, 0.25) is 0 Å². The minimum absolute atomic E-state index is 0.132. The maximum absolute atomic E-state index is 8.94. The molecule has 0 aromatic heterocycles. The van der Waals surface area contributed by atoms with Crippen LogP contribution in [0.15, 0.2) is 24.3 Å². The van der Waals surface area contributed by atoms with Crippen LogP contribution < -0.4 is 10.5 Å². The first kappa shape index (κ1) is 14.3. The lowest BCUT2D eigenvalue weighted by Gasteiger charge is -2.38. The standard InChI is InChI=1S/C14H23N3O2/c1-19-13-5-3-2-4-12(13)14(15)17-8-6-16(7-9-17)10-11-18/h2-5,14,18H,6-11,15H2,1H3. The van der Waals surface area contributed by atoms with Gasteiger partial charge in [-0.3, -0.25) is 9.80 Å². The van der Waals surface area contributed by atoms with Gasteiger partial charge >= 0.3 is 0 Å². The fraction of sp³-hybridized carbons (Fsp3) is 0.571. The predicted molar refractivity (Wildman–Crippen MR) is 75.0 cm³/mol. The van der Waals surface area contributed by atoms with Crippen LogP contribution in [0.25, 0.3) is 0 Å².